The van der Waals surface area contributed by atoms with Crippen LogP contribution in [0.25, 0.3) is 0 Å². The summed E-state index contributed by atoms with van der Waals surface area (Å²) in [5.41, 5.74) is 0. The number of carbonyl (C=O) groups is 3. The van der Waals surface area contributed by atoms with E-state index in [2.05, 4.69) is 227 Å². The first-order chi connectivity index (χ1) is 39.0. The molecule has 1 atom stereocenters. The Morgan fingerprint density at radius 3 is 0.823 bits per heavy atom. The van der Waals surface area contributed by atoms with Gasteiger partial charge in [-0.25, -0.2) is 0 Å². The summed E-state index contributed by atoms with van der Waals surface area (Å²) in [4.78, 5) is 38.2. The van der Waals surface area contributed by atoms with E-state index in [9.17, 15) is 14.4 Å². The molecule has 6 nitrogen and oxygen atoms in total. The lowest BCUT2D eigenvalue weighted by Crippen LogP contribution is -2.30. The van der Waals surface area contributed by atoms with E-state index in [1.54, 1.807) is 6.08 Å². The lowest BCUT2D eigenvalue weighted by Gasteiger charge is -2.18. The molecule has 0 aromatic rings. The second-order valence-corrected chi connectivity index (χ2v) is 18.8. The van der Waals surface area contributed by atoms with E-state index >= 15 is 0 Å². The lowest BCUT2D eigenvalue weighted by atomic mass is 10.1. The van der Waals surface area contributed by atoms with Crippen LogP contribution >= 0.6 is 0 Å². The quantitative estimate of drug-likeness (QED) is 0.0261. The Morgan fingerprint density at radius 1 is 0.266 bits per heavy atom. The number of carbonyl (C=O) groups excluding carboxylic acids is 3. The van der Waals surface area contributed by atoms with Gasteiger partial charge in [-0.2, -0.15) is 0 Å². The molecule has 0 aromatic heterocycles. The number of unbranched alkanes of at least 4 members (excludes halogenated alkanes) is 5. The van der Waals surface area contributed by atoms with Crippen LogP contribution in [0.2, 0.25) is 0 Å². The molecule has 0 saturated carbocycles. The highest BCUT2D eigenvalue weighted by atomic mass is 16.6. The molecule has 0 heterocycles. The summed E-state index contributed by atoms with van der Waals surface area (Å²) in [6, 6.07) is 0. The van der Waals surface area contributed by atoms with Crippen LogP contribution in [0.5, 0.6) is 0 Å². The second kappa shape index (κ2) is 64.3. The van der Waals surface area contributed by atoms with Gasteiger partial charge in [-0.15, -0.1) is 0 Å². The summed E-state index contributed by atoms with van der Waals surface area (Å²) in [5.74, 6) is -1.18. The van der Waals surface area contributed by atoms with E-state index in [1.165, 1.54) is 0 Å². The van der Waals surface area contributed by atoms with Gasteiger partial charge in [-0.3, -0.25) is 14.4 Å². The predicted octanol–water partition coefficient (Wildman–Crippen LogP) is 21.0. The van der Waals surface area contributed by atoms with Crippen LogP contribution in [0.15, 0.2) is 219 Å². The van der Waals surface area contributed by atoms with E-state index in [4.69, 9.17) is 14.2 Å². The predicted molar refractivity (Wildman–Crippen MR) is 343 cm³/mol. The molecule has 0 amide bonds. The summed E-state index contributed by atoms with van der Waals surface area (Å²) >= 11 is 0. The van der Waals surface area contributed by atoms with Gasteiger partial charge in [0.05, 0.1) is 6.42 Å². The van der Waals surface area contributed by atoms with Crippen LogP contribution in [0.3, 0.4) is 0 Å². The van der Waals surface area contributed by atoms with Crippen molar-refractivity contribution in [3.8, 4) is 0 Å². The zero-order valence-corrected chi connectivity index (χ0v) is 49.5. The number of allylic oxidation sites excluding steroid dienone is 35. The number of rotatable bonds is 51. The minimum Gasteiger partial charge on any atom is -0.462 e. The van der Waals surface area contributed by atoms with Crippen molar-refractivity contribution in [2.45, 2.75) is 207 Å². The maximum Gasteiger partial charge on any atom is 0.309 e. The van der Waals surface area contributed by atoms with Crippen LogP contribution in [0, 0.1) is 0 Å². The summed E-state index contributed by atoms with van der Waals surface area (Å²) in [5, 5.41) is 0. The molecule has 0 N–H and O–H groups in total. The molecule has 1 unspecified atom stereocenters. The molecule has 0 saturated heterocycles. The molecule has 0 spiro atoms. The first-order valence-electron chi connectivity index (χ1n) is 30.2. The Kier molecular flexibility index (Phi) is 59.2. The standard InChI is InChI=1S/C73H106O6/c1-4-7-10-13-16-19-22-25-28-30-32-33-34-35-36-37-38-39-41-42-45-48-51-54-57-60-63-66-72(75)78-69-70(68-77-71(74)65-62-59-56-53-50-47-44-27-24-21-18-15-12-9-6-3)79-73(76)67-64-61-58-55-52-49-46-43-40-31-29-26-23-20-17-14-11-8-5-2/h7-12,16-21,25-29,32-33,35-36,38-40,42-45,49-54,59,62,70H,4-6,13-15,22-24,30-31,34,37,41,46-48,55-58,60-61,63-69H2,1-3H3/b10-7-,11-8-,12-9-,19-16-,20-17-,21-18-,28-25-,29-26-,33-32-,36-35-,39-38-,43-40-,44-27-,45-42-,52-49-,53-50-,54-51-,62-59-. The molecule has 6 heteroatoms. The van der Waals surface area contributed by atoms with Crippen molar-refractivity contribution in [3.05, 3.63) is 219 Å². The summed E-state index contributed by atoms with van der Waals surface area (Å²) in [7, 11) is 0. The highest BCUT2D eigenvalue weighted by Crippen LogP contribution is 2.10. The van der Waals surface area contributed by atoms with Crippen LogP contribution < -0.4 is 0 Å². The van der Waals surface area contributed by atoms with E-state index in [1.807, 2.05) is 6.08 Å². The van der Waals surface area contributed by atoms with E-state index < -0.39 is 12.1 Å². The van der Waals surface area contributed by atoms with Crippen LogP contribution in [-0.4, -0.2) is 37.2 Å². The van der Waals surface area contributed by atoms with E-state index in [0.717, 1.165) is 141 Å². The Hall–Kier alpha value is -6.27. The zero-order chi connectivity index (χ0) is 57.1. The molecule has 434 valence electrons. The first kappa shape index (κ1) is 72.7. The molecule has 0 rings (SSSR count). The average Bonchev–Trinajstić information content (AvgIpc) is 3.45. The third kappa shape index (κ3) is 62.5. The monoisotopic (exact) mass is 1080 g/mol. The van der Waals surface area contributed by atoms with Crippen LogP contribution in [0.4, 0.5) is 0 Å². The van der Waals surface area contributed by atoms with Gasteiger partial charge in [0.25, 0.3) is 0 Å². The van der Waals surface area contributed by atoms with E-state index in [0.29, 0.717) is 19.3 Å². The van der Waals surface area contributed by atoms with Crippen molar-refractivity contribution in [2.24, 2.45) is 0 Å². The Bertz CT molecular complexity index is 2010. The minimum atomic E-state index is -0.870. The number of hydrogen-bond donors (Lipinski definition) is 0. The number of esters is 3. The van der Waals surface area contributed by atoms with Gasteiger partial charge in [-0.1, -0.05) is 246 Å². The molecular weight excluding hydrogens is 973 g/mol. The molecular formula is C73H106O6. The number of ether oxygens (including phenoxy) is 3. The van der Waals surface area contributed by atoms with Gasteiger partial charge in [0.1, 0.15) is 13.2 Å². The maximum absolute atomic E-state index is 12.9. The van der Waals surface area contributed by atoms with Crippen LogP contribution in [0.1, 0.15) is 201 Å². The van der Waals surface area contributed by atoms with Gasteiger partial charge in [-0.05, 0) is 154 Å². The molecule has 0 aliphatic rings. The summed E-state index contributed by atoms with van der Waals surface area (Å²) < 4.78 is 16.7. The smallest absolute Gasteiger partial charge is 0.309 e. The average molecular weight is 1080 g/mol. The minimum absolute atomic E-state index is 0.0981. The zero-order valence-electron chi connectivity index (χ0n) is 49.5. The molecule has 79 heavy (non-hydrogen) atoms. The number of hydrogen-bond acceptors (Lipinski definition) is 6. The fraction of sp³-hybridized carbons (Fsp3) is 0.466. The van der Waals surface area contributed by atoms with Crippen molar-refractivity contribution < 1.29 is 28.6 Å². The van der Waals surface area contributed by atoms with Crippen LogP contribution in [-0.2, 0) is 28.6 Å². The molecule has 0 bridgehead atoms. The van der Waals surface area contributed by atoms with Gasteiger partial charge >= 0.3 is 17.9 Å². The normalized spacial score (nSPS) is 13.7. The highest BCUT2D eigenvalue weighted by molar-refractivity contribution is 5.72. The molecule has 0 fully saturated rings. The van der Waals surface area contributed by atoms with Gasteiger partial charge < -0.3 is 14.2 Å². The fourth-order valence-corrected chi connectivity index (χ4v) is 7.08. The Morgan fingerprint density at radius 2 is 0.506 bits per heavy atom. The Balaban J connectivity index is 4.64. The van der Waals surface area contributed by atoms with Crippen molar-refractivity contribution in [2.75, 3.05) is 13.2 Å². The third-order valence-corrected chi connectivity index (χ3v) is 11.5. The van der Waals surface area contributed by atoms with Crippen molar-refractivity contribution in [1.82, 2.24) is 0 Å². The fourth-order valence-electron chi connectivity index (χ4n) is 7.08. The maximum atomic E-state index is 12.9. The largest absolute Gasteiger partial charge is 0.462 e. The van der Waals surface area contributed by atoms with Crippen molar-refractivity contribution in [3.63, 3.8) is 0 Å². The van der Waals surface area contributed by atoms with Gasteiger partial charge in [0.15, 0.2) is 6.10 Å². The highest BCUT2D eigenvalue weighted by Gasteiger charge is 2.19. The van der Waals surface area contributed by atoms with Gasteiger partial charge in [0, 0.05) is 12.8 Å². The van der Waals surface area contributed by atoms with Gasteiger partial charge in [0.2, 0.25) is 0 Å². The molecule has 0 aliphatic carbocycles. The Labute approximate surface area is 482 Å². The lowest BCUT2D eigenvalue weighted by molar-refractivity contribution is -0.166. The first-order valence-corrected chi connectivity index (χ1v) is 30.2. The third-order valence-electron chi connectivity index (χ3n) is 11.5. The second-order valence-electron chi connectivity index (χ2n) is 18.8. The van der Waals surface area contributed by atoms with E-state index in [-0.39, 0.29) is 44.4 Å². The molecule has 0 aromatic carbocycles. The van der Waals surface area contributed by atoms with Crippen molar-refractivity contribution in [1.29, 1.82) is 0 Å². The summed E-state index contributed by atoms with van der Waals surface area (Å²) in [6.45, 7) is 6.11. The topological polar surface area (TPSA) is 78.9 Å². The summed E-state index contributed by atoms with van der Waals surface area (Å²) in [6.07, 6.45) is 101. The SMILES string of the molecule is CC/C=C\C/C=C\C/C=C\C/C=C\C/C=C\C/C=C\C/C=C\C/C=C\CCCCC(=O)OCC(COC(=O)C/C=C\C/C=C\C/C=C\C/C=C\C/C=C\CC)OC(=O)CCCCC/C=C\C/C=C\C/C=C\C/C=C\C/C=C\CC. The molecule has 0 radical (unpaired) electrons. The molecule has 0 aliphatic heterocycles. The van der Waals surface area contributed by atoms with Crippen molar-refractivity contribution >= 4 is 17.9 Å².